The smallest absolute Gasteiger partial charge is 0.264 e. The molecule has 1 amide bonds. The minimum absolute atomic E-state index is 0.0816. The normalized spacial score (nSPS) is 15.2. The third-order valence-electron chi connectivity index (χ3n) is 5.24. The molecule has 0 bridgehead atoms. The monoisotopic (exact) mass is 409 g/mol. The summed E-state index contributed by atoms with van der Waals surface area (Å²) in [4.78, 5) is 17.1. The van der Waals surface area contributed by atoms with Gasteiger partial charge in [-0.05, 0) is 37.1 Å². The molecule has 0 aliphatic heterocycles. The highest BCUT2D eigenvalue weighted by molar-refractivity contribution is 7.93. The Balaban J connectivity index is 1.63. The number of hydrogen-bond donors (Lipinski definition) is 2. The van der Waals surface area contributed by atoms with Crippen LogP contribution in [-0.2, 0) is 10.0 Å². The quantitative estimate of drug-likeness (QED) is 0.664. The lowest BCUT2D eigenvalue weighted by molar-refractivity contribution is 0.0928. The summed E-state index contributed by atoms with van der Waals surface area (Å²) < 4.78 is 28.8. The summed E-state index contributed by atoms with van der Waals surface area (Å²) in [7, 11) is -3.92. The van der Waals surface area contributed by atoms with Crippen LogP contribution >= 0.6 is 0 Å². The van der Waals surface area contributed by atoms with Gasteiger partial charge in [0.05, 0.1) is 16.8 Å². The molecule has 2 N–H and O–H groups in total. The fraction of sp³-hybridized carbons (Fsp3) is 0.273. The van der Waals surface area contributed by atoms with Crippen LogP contribution in [0.25, 0.3) is 10.9 Å². The first-order valence-electron chi connectivity index (χ1n) is 9.81. The summed E-state index contributed by atoms with van der Waals surface area (Å²) in [5.74, 6) is -0.258. The minimum Gasteiger partial charge on any atom is -0.349 e. The number of nitrogens with zero attached hydrogens (tertiary/aromatic N) is 1. The Labute approximate surface area is 170 Å². The predicted octanol–water partition coefficient (Wildman–Crippen LogP) is 4.10. The van der Waals surface area contributed by atoms with Crippen LogP contribution in [0.1, 0.15) is 42.5 Å². The van der Waals surface area contributed by atoms with E-state index in [9.17, 15) is 13.2 Å². The Kier molecular flexibility index (Phi) is 5.49. The van der Waals surface area contributed by atoms with Gasteiger partial charge in [0.1, 0.15) is 4.90 Å². The van der Waals surface area contributed by atoms with E-state index < -0.39 is 10.0 Å². The number of amides is 1. The number of para-hydroxylation sites is 2. The van der Waals surface area contributed by atoms with Gasteiger partial charge in [-0.2, -0.15) is 0 Å². The number of anilines is 1. The number of rotatable bonds is 5. The summed E-state index contributed by atoms with van der Waals surface area (Å²) >= 11 is 0. The predicted molar refractivity (Wildman–Crippen MR) is 113 cm³/mol. The summed E-state index contributed by atoms with van der Waals surface area (Å²) in [6.07, 6.45) is 6.89. The van der Waals surface area contributed by atoms with Gasteiger partial charge in [-0.25, -0.2) is 8.42 Å². The lowest BCUT2D eigenvalue weighted by Gasteiger charge is -2.23. The Hall–Kier alpha value is -2.93. The molecule has 1 saturated carbocycles. The van der Waals surface area contributed by atoms with Crippen molar-refractivity contribution in [1.29, 1.82) is 0 Å². The molecule has 3 aromatic rings. The van der Waals surface area contributed by atoms with Gasteiger partial charge in [-0.15, -0.1) is 0 Å². The molecule has 4 rings (SSSR count). The second-order valence-electron chi connectivity index (χ2n) is 7.29. The second-order valence-corrected chi connectivity index (χ2v) is 8.94. The first-order chi connectivity index (χ1) is 14.0. The molecule has 0 atom stereocenters. The third-order valence-corrected chi connectivity index (χ3v) is 6.64. The van der Waals surface area contributed by atoms with Gasteiger partial charge in [0.2, 0.25) is 0 Å². The van der Waals surface area contributed by atoms with Gasteiger partial charge < -0.3 is 5.32 Å². The number of pyridine rings is 1. The summed E-state index contributed by atoms with van der Waals surface area (Å²) in [6, 6.07) is 15.4. The van der Waals surface area contributed by atoms with Crippen LogP contribution in [0.5, 0.6) is 0 Å². The first kappa shape index (κ1) is 19.4. The van der Waals surface area contributed by atoms with E-state index in [4.69, 9.17) is 0 Å². The SMILES string of the molecule is O=C(NC1CCCCC1)c1ccccc1NS(=O)(=O)c1cccc2cccnc12. The van der Waals surface area contributed by atoms with Gasteiger partial charge in [-0.3, -0.25) is 14.5 Å². The molecule has 0 saturated heterocycles. The second kappa shape index (κ2) is 8.21. The molecule has 1 aliphatic carbocycles. The maximum absolute atomic E-state index is 13.1. The topological polar surface area (TPSA) is 88.2 Å². The molecule has 6 nitrogen and oxygen atoms in total. The van der Waals surface area contributed by atoms with Crippen molar-refractivity contribution in [1.82, 2.24) is 10.3 Å². The number of carbonyl (C=O) groups is 1. The van der Waals surface area contributed by atoms with Crippen molar-refractivity contribution in [2.24, 2.45) is 0 Å². The zero-order valence-corrected chi connectivity index (χ0v) is 16.8. The van der Waals surface area contributed by atoms with Crippen molar-refractivity contribution >= 4 is 32.5 Å². The van der Waals surface area contributed by atoms with E-state index in [0.29, 0.717) is 11.1 Å². The Morgan fingerprint density at radius 3 is 2.52 bits per heavy atom. The maximum atomic E-state index is 13.1. The van der Waals surface area contributed by atoms with Gasteiger partial charge >= 0.3 is 0 Å². The van der Waals surface area contributed by atoms with E-state index in [1.165, 1.54) is 12.5 Å². The number of aromatic nitrogens is 1. The largest absolute Gasteiger partial charge is 0.349 e. The molecule has 0 spiro atoms. The average molecular weight is 410 g/mol. The molecule has 150 valence electrons. The van der Waals surface area contributed by atoms with Crippen LogP contribution in [0.3, 0.4) is 0 Å². The molecule has 1 fully saturated rings. The Bertz CT molecular complexity index is 1130. The van der Waals surface area contributed by atoms with Crippen LogP contribution in [0.15, 0.2) is 65.7 Å². The van der Waals surface area contributed by atoms with Crippen molar-refractivity contribution < 1.29 is 13.2 Å². The van der Waals surface area contributed by atoms with Gasteiger partial charge in [0, 0.05) is 17.6 Å². The van der Waals surface area contributed by atoms with Crippen LogP contribution in [0.2, 0.25) is 0 Å². The number of fused-ring (bicyclic) bond motifs is 1. The number of sulfonamides is 1. The summed E-state index contributed by atoms with van der Waals surface area (Å²) in [5.41, 5.74) is 0.968. The Morgan fingerprint density at radius 1 is 0.931 bits per heavy atom. The van der Waals surface area contributed by atoms with E-state index in [-0.39, 0.29) is 22.5 Å². The lowest BCUT2D eigenvalue weighted by Crippen LogP contribution is -2.36. The molecular formula is C22H23N3O3S. The fourth-order valence-corrected chi connectivity index (χ4v) is 5.03. The summed E-state index contributed by atoms with van der Waals surface area (Å²) in [5, 5.41) is 3.78. The van der Waals surface area contributed by atoms with Crippen LogP contribution < -0.4 is 10.0 Å². The number of hydrogen-bond acceptors (Lipinski definition) is 4. The molecular weight excluding hydrogens is 386 g/mol. The number of nitrogens with one attached hydrogen (secondary N) is 2. The van der Waals surface area contributed by atoms with Crippen LogP contribution in [0, 0.1) is 0 Å². The van der Waals surface area contributed by atoms with E-state index in [0.717, 1.165) is 31.1 Å². The van der Waals surface area contributed by atoms with Gasteiger partial charge in [0.25, 0.3) is 15.9 Å². The van der Waals surface area contributed by atoms with E-state index in [1.807, 2.05) is 12.1 Å². The molecule has 1 aliphatic rings. The Morgan fingerprint density at radius 2 is 1.69 bits per heavy atom. The van der Waals surface area contributed by atoms with Crippen molar-refractivity contribution in [2.45, 2.75) is 43.0 Å². The zero-order chi connectivity index (χ0) is 20.3. The van der Waals surface area contributed by atoms with Crippen LogP contribution in [-0.4, -0.2) is 25.4 Å². The third kappa shape index (κ3) is 4.24. The zero-order valence-electron chi connectivity index (χ0n) is 16.0. The molecule has 7 heteroatoms. The molecule has 29 heavy (non-hydrogen) atoms. The number of benzene rings is 2. The minimum atomic E-state index is -3.92. The highest BCUT2D eigenvalue weighted by atomic mass is 32.2. The average Bonchev–Trinajstić information content (AvgIpc) is 2.74. The van der Waals surface area contributed by atoms with Gasteiger partial charge in [0.15, 0.2) is 0 Å². The molecule has 0 radical (unpaired) electrons. The highest BCUT2D eigenvalue weighted by Gasteiger charge is 2.23. The van der Waals surface area contributed by atoms with E-state index >= 15 is 0 Å². The fourth-order valence-electron chi connectivity index (χ4n) is 3.77. The van der Waals surface area contributed by atoms with Crippen molar-refractivity contribution in [3.05, 3.63) is 66.4 Å². The molecule has 1 heterocycles. The number of carbonyl (C=O) groups excluding carboxylic acids is 1. The van der Waals surface area contributed by atoms with E-state index in [2.05, 4.69) is 15.0 Å². The van der Waals surface area contributed by atoms with Crippen LogP contribution in [0.4, 0.5) is 5.69 Å². The molecule has 0 unspecified atom stereocenters. The maximum Gasteiger partial charge on any atom is 0.264 e. The summed E-state index contributed by atoms with van der Waals surface area (Å²) in [6.45, 7) is 0. The lowest BCUT2D eigenvalue weighted by atomic mass is 9.95. The van der Waals surface area contributed by atoms with Crippen molar-refractivity contribution in [3.8, 4) is 0 Å². The molecule has 1 aromatic heterocycles. The first-order valence-corrected chi connectivity index (χ1v) is 11.3. The van der Waals surface area contributed by atoms with E-state index in [1.54, 1.807) is 42.6 Å². The molecule has 2 aromatic carbocycles. The standard InChI is InChI=1S/C22H23N3O3S/c26-22(24-17-10-2-1-3-11-17)18-12-4-5-13-19(18)25-29(27,28)20-14-6-8-16-9-7-15-23-21(16)20/h4-9,12-15,17,25H,1-3,10-11H2,(H,24,26). The highest BCUT2D eigenvalue weighted by Crippen LogP contribution is 2.25. The van der Waals surface area contributed by atoms with Crippen molar-refractivity contribution in [2.75, 3.05) is 4.72 Å². The van der Waals surface area contributed by atoms with Gasteiger partial charge in [-0.1, -0.05) is 49.6 Å². The van der Waals surface area contributed by atoms with Crippen molar-refractivity contribution in [3.63, 3.8) is 0 Å².